The first-order valence-corrected chi connectivity index (χ1v) is 8.46. The third kappa shape index (κ3) is 5.88. The van der Waals surface area contributed by atoms with Crippen LogP contribution in [0.4, 0.5) is 4.39 Å². The average molecular weight is 448 g/mol. The highest BCUT2D eigenvalue weighted by Gasteiger charge is 2.31. The van der Waals surface area contributed by atoms with Gasteiger partial charge in [0.2, 0.25) is 0 Å². The van der Waals surface area contributed by atoms with Crippen LogP contribution in [0.25, 0.3) is 0 Å². The van der Waals surface area contributed by atoms with Gasteiger partial charge in [-0.1, -0.05) is 25.1 Å². The molecule has 0 aromatic heterocycles. The molecule has 0 saturated carbocycles. The van der Waals surface area contributed by atoms with Crippen LogP contribution in [0.3, 0.4) is 0 Å². The second-order valence-corrected chi connectivity index (χ2v) is 6.62. The van der Waals surface area contributed by atoms with Gasteiger partial charge >= 0.3 is 0 Å². The van der Waals surface area contributed by atoms with Gasteiger partial charge in [0.15, 0.2) is 5.96 Å². The number of likely N-dealkylation sites (tertiary alicyclic amines) is 1. The number of rotatable bonds is 5. The number of halogens is 2. The van der Waals surface area contributed by atoms with Crippen molar-refractivity contribution < 1.29 is 4.39 Å². The van der Waals surface area contributed by atoms with Crippen molar-refractivity contribution in [2.24, 2.45) is 10.9 Å². The lowest BCUT2D eigenvalue weighted by Gasteiger charge is -2.22. The van der Waals surface area contributed by atoms with Crippen LogP contribution >= 0.6 is 24.0 Å². The van der Waals surface area contributed by atoms with Crippen molar-refractivity contribution in [2.45, 2.75) is 39.3 Å². The number of aliphatic imine (C=N–C) groups is 1. The number of hydrogen-bond acceptors (Lipinski definition) is 2. The van der Waals surface area contributed by atoms with Crippen molar-refractivity contribution in [2.75, 3.05) is 26.7 Å². The normalized spacial score (nSPS) is 21.7. The standard InChI is InChI=1S/C18H29FN4.HI/c1-13(2)23-11-14(3)17(12-23)22-18(20-4)21-10-9-15-7-5-6-8-16(15)19;/h5-8,13-14,17H,9-12H2,1-4H3,(H2,20,21,22);1H. The molecule has 1 aromatic rings. The third-order valence-corrected chi connectivity index (χ3v) is 4.56. The summed E-state index contributed by atoms with van der Waals surface area (Å²) in [5.74, 6) is 1.24. The molecular weight excluding hydrogens is 418 g/mol. The molecule has 136 valence electrons. The van der Waals surface area contributed by atoms with Gasteiger partial charge in [0.05, 0.1) is 0 Å². The lowest BCUT2D eigenvalue weighted by Crippen LogP contribution is -2.47. The zero-order chi connectivity index (χ0) is 16.8. The van der Waals surface area contributed by atoms with Crippen molar-refractivity contribution in [3.05, 3.63) is 35.6 Å². The summed E-state index contributed by atoms with van der Waals surface area (Å²) in [7, 11) is 1.78. The molecule has 2 N–H and O–H groups in total. The Morgan fingerprint density at radius 3 is 2.62 bits per heavy atom. The summed E-state index contributed by atoms with van der Waals surface area (Å²) >= 11 is 0. The molecule has 0 bridgehead atoms. The Bertz CT molecular complexity index is 536. The summed E-state index contributed by atoms with van der Waals surface area (Å²) in [4.78, 5) is 6.77. The van der Waals surface area contributed by atoms with E-state index in [9.17, 15) is 4.39 Å². The van der Waals surface area contributed by atoms with Crippen molar-refractivity contribution >= 4 is 29.9 Å². The molecule has 1 aliphatic rings. The molecule has 0 spiro atoms. The van der Waals surface area contributed by atoms with E-state index in [0.717, 1.165) is 24.6 Å². The summed E-state index contributed by atoms with van der Waals surface area (Å²) in [6.07, 6.45) is 0.645. The van der Waals surface area contributed by atoms with Crippen LogP contribution in [-0.2, 0) is 6.42 Å². The molecule has 2 rings (SSSR count). The molecule has 0 aliphatic carbocycles. The second kappa shape index (κ2) is 10.2. The Hall–Kier alpha value is -0.890. The first-order valence-electron chi connectivity index (χ1n) is 8.46. The van der Waals surface area contributed by atoms with Crippen LogP contribution in [0.5, 0.6) is 0 Å². The predicted octanol–water partition coefficient (Wildman–Crippen LogP) is 2.88. The Morgan fingerprint density at radius 1 is 1.33 bits per heavy atom. The summed E-state index contributed by atoms with van der Waals surface area (Å²) in [5.41, 5.74) is 0.732. The number of nitrogens with zero attached hydrogens (tertiary/aromatic N) is 2. The maximum atomic E-state index is 13.6. The van der Waals surface area contributed by atoms with Crippen molar-refractivity contribution in [1.29, 1.82) is 0 Å². The monoisotopic (exact) mass is 448 g/mol. The van der Waals surface area contributed by atoms with E-state index < -0.39 is 0 Å². The highest BCUT2D eigenvalue weighted by Crippen LogP contribution is 2.18. The molecule has 1 fully saturated rings. The van der Waals surface area contributed by atoms with Crippen LogP contribution < -0.4 is 10.6 Å². The molecule has 1 heterocycles. The van der Waals surface area contributed by atoms with Crippen LogP contribution in [0.2, 0.25) is 0 Å². The smallest absolute Gasteiger partial charge is 0.191 e. The fourth-order valence-electron chi connectivity index (χ4n) is 3.00. The molecule has 1 saturated heterocycles. The minimum atomic E-state index is -0.144. The minimum absolute atomic E-state index is 0. The van der Waals surface area contributed by atoms with Crippen molar-refractivity contribution in [1.82, 2.24) is 15.5 Å². The minimum Gasteiger partial charge on any atom is -0.356 e. The van der Waals surface area contributed by atoms with E-state index in [1.165, 1.54) is 6.07 Å². The SMILES string of the molecule is CN=C(NCCc1ccccc1F)NC1CN(C(C)C)CC1C.I. The number of hydrogen-bond donors (Lipinski definition) is 2. The third-order valence-electron chi connectivity index (χ3n) is 4.56. The second-order valence-electron chi connectivity index (χ2n) is 6.62. The van der Waals surface area contributed by atoms with Crippen LogP contribution in [0.15, 0.2) is 29.3 Å². The number of benzene rings is 1. The first kappa shape index (κ1) is 21.2. The fourth-order valence-corrected chi connectivity index (χ4v) is 3.00. The van der Waals surface area contributed by atoms with Gasteiger partial charge in [-0.15, -0.1) is 24.0 Å². The maximum Gasteiger partial charge on any atom is 0.191 e. The Labute approximate surface area is 162 Å². The van der Waals surface area contributed by atoms with Gasteiger partial charge in [-0.3, -0.25) is 9.89 Å². The van der Waals surface area contributed by atoms with Gasteiger partial charge in [-0.05, 0) is 37.8 Å². The number of guanidine groups is 1. The van der Waals surface area contributed by atoms with Crippen LogP contribution in [-0.4, -0.2) is 49.6 Å². The Balaban J connectivity index is 0.00000288. The molecule has 0 amide bonds. The largest absolute Gasteiger partial charge is 0.356 e. The number of nitrogens with one attached hydrogen (secondary N) is 2. The highest BCUT2D eigenvalue weighted by molar-refractivity contribution is 14.0. The fraction of sp³-hybridized carbons (Fsp3) is 0.611. The topological polar surface area (TPSA) is 39.7 Å². The zero-order valence-corrected chi connectivity index (χ0v) is 17.4. The molecule has 2 atom stereocenters. The molecule has 6 heteroatoms. The highest BCUT2D eigenvalue weighted by atomic mass is 127. The van der Waals surface area contributed by atoms with E-state index in [-0.39, 0.29) is 29.8 Å². The summed E-state index contributed by atoms with van der Waals surface area (Å²) < 4.78 is 13.6. The van der Waals surface area contributed by atoms with Crippen LogP contribution in [0, 0.1) is 11.7 Å². The molecule has 2 unspecified atom stereocenters. The zero-order valence-electron chi connectivity index (χ0n) is 15.1. The lowest BCUT2D eigenvalue weighted by molar-refractivity contribution is 0.265. The molecule has 0 radical (unpaired) electrons. The molecule has 4 nitrogen and oxygen atoms in total. The Kier molecular flexibility index (Phi) is 8.97. The maximum absolute atomic E-state index is 13.6. The molecule has 1 aliphatic heterocycles. The average Bonchev–Trinajstić information content (AvgIpc) is 2.89. The van der Waals surface area contributed by atoms with E-state index in [1.807, 2.05) is 12.1 Å². The quantitative estimate of drug-likeness (QED) is 0.414. The van der Waals surface area contributed by atoms with Gasteiger partial charge < -0.3 is 10.6 Å². The van der Waals surface area contributed by atoms with Crippen molar-refractivity contribution in [3.63, 3.8) is 0 Å². The van der Waals surface area contributed by atoms with E-state index >= 15 is 0 Å². The first-order chi connectivity index (χ1) is 11.0. The van der Waals surface area contributed by atoms with E-state index in [2.05, 4.69) is 41.3 Å². The summed E-state index contributed by atoms with van der Waals surface area (Å²) in [6.45, 7) is 9.55. The van der Waals surface area contributed by atoms with Crippen LogP contribution in [0.1, 0.15) is 26.3 Å². The molecule has 1 aromatic carbocycles. The Morgan fingerprint density at radius 2 is 2.04 bits per heavy atom. The van der Waals surface area contributed by atoms with Gasteiger partial charge in [-0.2, -0.15) is 0 Å². The van der Waals surface area contributed by atoms with Gasteiger partial charge in [0.25, 0.3) is 0 Å². The van der Waals surface area contributed by atoms with E-state index in [0.29, 0.717) is 31.0 Å². The summed E-state index contributed by atoms with van der Waals surface area (Å²) in [6, 6.07) is 7.88. The van der Waals surface area contributed by atoms with E-state index in [4.69, 9.17) is 0 Å². The predicted molar refractivity (Wildman–Crippen MR) is 110 cm³/mol. The van der Waals surface area contributed by atoms with Gasteiger partial charge in [0, 0.05) is 38.8 Å². The van der Waals surface area contributed by atoms with E-state index in [1.54, 1.807) is 13.1 Å². The summed E-state index contributed by atoms with van der Waals surface area (Å²) in [5, 5.41) is 6.79. The van der Waals surface area contributed by atoms with Gasteiger partial charge in [-0.25, -0.2) is 4.39 Å². The molecule has 24 heavy (non-hydrogen) atoms. The van der Waals surface area contributed by atoms with Gasteiger partial charge in [0.1, 0.15) is 5.82 Å². The molecular formula is C18H30FIN4. The van der Waals surface area contributed by atoms with Crippen molar-refractivity contribution in [3.8, 4) is 0 Å². The lowest BCUT2D eigenvalue weighted by atomic mass is 10.1.